The molecular formula is C23H27BrO3. The number of carbonyl (C=O) groups excluding carboxylic acids is 1. The molecule has 0 amide bonds. The van der Waals surface area contributed by atoms with Gasteiger partial charge in [-0.25, -0.2) is 0 Å². The second-order valence-electron chi connectivity index (χ2n) is 7.39. The van der Waals surface area contributed by atoms with Gasteiger partial charge in [0.2, 0.25) is 0 Å². The lowest BCUT2D eigenvalue weighted by molar-refractivity contribution is -0.129. The van der Waals surface area contributed by atoms with Crippen LogP contribution in [0.25, 0.3) is 0 Å². The van der Waals surface area contributed by atoms with Crippen LogP contribution in [0.4, 0.5) is 0 Å². The van der Waals surface area contributed by atoms with Crippen LogP contribution in [0.15, 0.2) is 40.9 Å². The summed E-state index contributed by atoms with van der Waals surface area (Å²) in [7, 11) is 3.35. The number of aryl methyl sites for hydroxylation is 1. The van der Waals surface area contributed by atoms with Crippen LogP contribution in [0.1, 0.15) is 36.0 Å². The number of halogens is 1. The fourth-order valence-electron chi connectivity index (χ4n) is 3.99. The monoisotopic (exact) mass is 430 g/mol. The third-order valence-electron chi connectivity index (χ3n) is 5.65. The van der Waals surface area contributed by atoms with Gasteiger partial charge in [0.25, 0.3) is 0 Å². The number of Topliss-reactive ketones (excluding diaryl/α,β-unsaturated/α-hetero) is 1. The maximum atomic E-state index is 13.2. The van der Waals surface area contributed by atoms with Crippen molar-refractivity contribution in [2.45, 2.75) is 39.0 Å². The molecule has 0 spiro atoms. The minimum atomic E-state index is 0.0815. The summed E-state index contributed by atoms with van der Waals surface area (Å²) in [6, 6.07) is 12.1. The van der Waals surface area contributed by atoms with Crippen LogP contribution < -0.4 is 9.47 Å². The van der Waals surface area contributed by atoms with E-state index in [1.807, 2.05) is 24.3 Å². The molecule has 0 radical (unpaired) electrons. The maximum absolute atomic E-state index is 13.2. The SMILES string of the molecule is COc1ccc(C)c(C[C@@H]2CCC[C@@H](Cc3cc(OC)ccc3Br)C2=O)c1. The zero-order valence-corrected chi connectivity index (χ0v) is 17.8. The van der Waals surface area contributed by atoms with E-state index in [2.05, 4.69) is 35.0 Å². The van der Waals surface area contributed by atoms with Crippen LogP contribution >= 0.6 is 15.9 Å². The van der Waals surface area contributed by atoms with Gasteiger partial charge in [0.05, 0.1) is 14.2 Å². The number of methoxy groups -OCH3 is 2. The van der Waals surface area contributed by atoms with Gasteiger partial charge in [-0.2, -0.15) is 0 Å². The summed E-state index contributed by atoms with van der Waals surface area (Å²) in [5.74, 6) is 2.27. The Balaban J connectivity index is 1.74. The molecule has 0 N–H and O–H groups in total. The second kappa shape index (κ2) is 8.92. The first-order valence-corrected chi connectivity index (χ1v) is 10.3. The molecule has 27 heavy (non-hydrogen) atoms. The van der Waals surface area contributed by atoms with Gasteiger partial charge in [-0.1, -0.05) is 28.4 Å². The summed E-state index contributed by atoms with van der Waals surface area (Å²) in [6.45, 7) is 2.10. The Hall–Kier alpha value is -1.81. The van der Waals surface area contributed by atoms with Crippen molar-refractivity contribution in [3.8, 4) is 11.5 Å². The van der Waals surface area contributed by atoms with Crippen molar-refractivity contribution in [1.82, 2.24) is 0 Å². The van der Waals surface area contributed by atoms with E-state index >= 15 is 0 Å². The summed E-state index contributed by atoms with van der Waals surface area (Å²) >= 11 is 3.62. The standard InChI is InChI=1S/C23H27BrO3/c1-15-7-8-20(26-2)13-18(15)11-16-5-4-6-17(23(16)25)12-19-14-21(27-3)9-10-22(19)24/h7-10,13-14,16-17H,4-6,11-12H2,1-3H3/t16-,17-/m0/s1. The molecule has 1 aliphatic rings. The molecule has 1 saturated carbocycles. The fraction of sp³-hybridized carbons (Fsp3) is 0.435. The number of ether oxygens (including phenoxy) is 2. The lowest BCUT2D eigenvalue weighted by Crippen LogP contribution is -2.31. The molecule has 2 atom stereocenters. The van der Waals surface area contributed by atoms with Crippen LogP contribution in [0.3, 0.4) is 0 Å². The van der Waals surface area contributed by atoms with Gasteiger partial charge in [0, 0.05) is 16.3 Å². The van der Waals surface area contributed by atoms with E-state index in [0.29, 0.717) is 5.78 Å². The first-order valence-electron chi connectivity index (χ1n) is 9.51. The highest BCUT2D eigenvalue weighted by Gasteiger charge is 2.32. The minimum absolute atomic E-state index is 0.0815. The smallest absolute Gasteiger partial charge is 0.139 e. The average molecular weight is 431 g/mol. The van der Waals surface area contributed by atoms with Gasteiger partial charge < -0.3 is 9.47 Å². The Morgan fingerprint density at radius 2 is 1.48 bits per heavy atom. The molecule has 0 heterocycles. The van der Waals surface area contributed by atoms with E-state index in [1.165, 1.54) is 11.1 Å². The lowest BCUT2D eigenvalue weighted by Gasteiger charge is -2.29. The highest BCUT2D eigenvalue weighted by atomic mass is 79.9. The van der Waals surface area contributed by atoms with Crippen molar-refractivity contribution in [2.24, 2.45) is 11.8 Å². The second-order valence-corrected chi connectivity index (χ2v) is 8.24. The molecule has 0 bridgehead atoms. The third kappa shape index (κ3) is 4.73. The summed E-state index contributed by atoms with van der Waals surface area (Å²) in [4.78, 5) is 13.2. The lowest BCUT2D eigenvalue weighted by atomic mass is 9.75. The number of hydrogen-bond acceptors (Lipinski definition) is 3. The molecule has 0 aliphatic heterocycles. The summed E-state index contributed by atoms with van der Waals surface area (Å²) in [6.07, 6.45) is 4.62. The van der Waals surface area contributed by atoms with Gasteiger partial charge in [-0.05, 0) is 79.6 Å². The first kappa shape index (κ1) is 19.9. The van der Waals surface area contributed by atoms with Crippen LogP contribution in [0, 0.1) is 18.8 Å². The number of rotatable bonds is 6. The Bertz CT molecular complexity index is 750. The van der Waals surface area contributed by atoms with Gasteiger partial charge in [0.15, 0.2) is 0 Å². The van der Waals surface area contributed by atoms with Crippen LogP contribution in [0.5, 0.6) is 11.5 Å². The van der Waals surface area contributed by atoms with Crippen molar-refractivity contribution in [2.75, 3.05) is 14.2 Å². The highest BCUT2D eigenvalue weighted by Crippen LogP contribution is 2.34. The minimum Gasteiger partial charge on any atom is -0.497 e. The van der Waals surface area contributed by atoms with Crippen molar-refractivity contribution in [3.63, 3.8) is 0 Å². The van der Waals surface area contributed by atoms with Crippen molar-refractivity contribution >= 4 is 21.7 Å². The summed E-state index contributed by atoms with van der Waals surface area (Å²) in [5.41, 5.74) is 3.59. The number of benzene rings is 2. The predicted molar refractivity (Wildman–Crippen MR) is 112 cm³/mol. The zero-order valence-electron chi connectivity index (χ0n) is 16.3. The fourth-order valence-corrected chi connectivity index (χ4v) is 4.40. The van der Waals surface area contributed by atoms with Crippen molar-refractivity contribution in [1.29, 1.82) is 0 Å². The number of hydrogen-bond donors (Lipinski definition) is 0. The van der Waals surface area contributed by atoms with Crippen LogP contribution in [-0.4, -0.2) is 20.0 Å². The molecule has 144 valence electrons. The Kier molecular flexibility index (Phi) is 6.59. The third-order valence-corrected chi connectivity index (χ3v) is 6.43. The van der Waals surface area contributed by atoms with E-state index in [4.69, 9.17) is 9.47 Å². The topological polar surface area (TPSA) is 35.5 Å². The van der Waals surface area contributed by atoms with Crippen molar-refractivity contribution in [3.05, 3.63) is 57.6 Å². The largest absolute Gasteiger partial charge is 0.497 e. The van der Waals surface area contributed by atoms with E-state index in [-0.39, 0.29) is 11.8 Å². The van der Waals surface area contributed by atoms with Gasteiger partial charge in [-0.3, -0.25) is 4.79 Å². The summed E-state index contributed by atoms with van der Waals surface area (Å²) in [5, 5.41) is 0. The van der Waals surface area contributed by atoms with Gasteiger partial charge >= 0.3 is 0 Å². The average Bonchev–Trinajstić information content (AvgIpc) is 2.68. The molecule has 0 aromatic heterocycles. The zero-order chi connectivity index (χ0) is 19.4. The maximum Gasteiger partial charge on any atom is 0.139 e. The normalized spacial score (nSPS) is 19.8. The molecule has 3 nitrogen and oxygen atoms in total. The predicted octanol–water partition coefficient (Wildman–Crippen LogP) is 5.55. The molecule has 2 aromatic carbocycles. The number of carbonyl (C=O) groups is 1. The van der Waals surface area contributed by atoms with E-state index in [9.17, 15) is 4.79 Å². The molecular weight excluding hydrogens is 404 g/mol. The van der Waals surface area contributed by atoms with Crippen LogP contribution in [0.2, 0.25) is 0 Å². The van der Waals surface area contributed by atoms with E-state index < -0.39 is 0 Å². The molecule has 0 unspecified atom stereocenters. The van der Waals surface area contributed by atoms with E-state index in [0.717, 1.165) is 53.6 Å². The van der Waals surface area contributed by atoms with E-state index in [1.54, 1.807) is 14.2 Å². The first-order chi connectivity index (χ1) is 13.0. The highest BCUT2D eigenvalue weighted by molar-refractivity contribution is 9.10. The van der Waals surface area contributed by atoms with Crippen molar-refractivity contribution < 1.29 is 14.3 Å². The molecule has 0 saturated heterocycles. The molecule has 3 rings (SSSR count). The Labute approximate surface area is 170 Å². The molecule has 2 aromatic rings. The summed E-state index contributed by atoms with van der Waals surface area (Å²) < 4.78 is 11.7. The Morgan fingerprint density at radius 1 is 0.926 bits per heavy atom. The van der Waals surface area contributed by atoms with Gasteiger partial charge in [0.1, 0.15) is 17.3 Å². The molecule has 1 aliphatic carbocycles. The molecule has 4 heteroatoms. The van der Waals surface area contributed by atoms with Crippen LogP contribution in [-0.2, 0) is 17.6 Å². The van der Waals surface area contributed by atoms with Gasteiger partial charge in [-0.15, -0.1) is 0 Å². The quantitative estimate of drug-likeness (QED) is 0.602. The molecule has 1 fully saturated rings. The number of ketones is 1. The Morgan fingerprint density at radius 3 is 2.11 bits per heavy atom.